The van der Waals surface area contributed by atoms with E-state index in [1.807, 2.05) is 13.8 Å². The van der Waals surface area contributed by atoms with Crippen LogP contribution in [0.1, 0.15) is 25.5 Å². The van der Waals surface area contributed by atoms with Crippen LogP contribution in [0.4, 0.5) is 30.2 Å². The molecule has 2 aromatic rings. The summed E-state index contributed by atoms with van der Waals surface area (Å²) in [6.45, 7) is 3.80. The number of hydrogen-bond acceptors (Lipinski definition) is 4. The minimum absolute atomic E-state index is 0.0266. The van der Waals surface area contributed by atoms with E-state index in [1.54, 1.807) is 10.9 Å². The number of anilines is 2. The van der Waals surface area contributed by atoms with Gasteiger partial charge in [0.1, 0.15) is 5.69 Å². The predicted octanol–water partition coefficient (Wildman–Crippen LogP) is 4.13. The van der Waals surface area contributed by atoms with E-state index in [2.05, 4.69) is 10.4 Å². The monoisotopic (exact) mass is 314 g/mol. The molecule has 0 unspecified atom stereocenters. The van der Waals surface area contributed by atoms with Gasteiger partial charge in [0.15, 0.2) is 0 Å². The van der Waals surface area contributed by atoms with E-state index in [9.17, 15) is 23.3 Å². The molecule has 0 radical (unpaired) electrons. The molecule has 0 fully saturated rings. The fourth-order valence-electron chi connectivity index (χ4n) is 1.81. The van der Waals surface area contributed by atoms with Gasteiger partial charge in [-0.15, -0.1) is 0 Å². The second kappa shape index (κ2) is 5.66. The molecule has 0 amide bonds. The van der Waals surface area contributed by atoms with Crippen molar-refractivity contribution in [3.05, 3.63) is 46.3 Å². The first-order valence-corrected chi connectivity index (χ1v) is 6.35. The number of nitro benzene ring substituents is 1. The summed E-state index contributed by atoms with van der Waals surface area (Å²) in [6, 6.07) is 2.43. The Balaban J connectivity index is 2.35. The van der Waals surface area contributed by atoms with Gasteiger partial charge >= 0.3 is 6.18 Å². The van der Waals surface area contributed by atoms with Gasteiger partial charge in [-0.1, -0.05) is 0 Å². The van der Waals surface area contributed by atoms with E-state index >= 15 is 0 Å². The molecule has 1 N–H and O–H groups in total. The lowest BCUT2D eigenvalue weighted by Gasteiger charge is -2.09. The van der Waals surface area contributed by atoms with Crippen LogP contribution in [0.15, 0.2) is 30.6 Å². The van der Waals surface area contributed by atoms with Crippen LogP contribution in [0.5, 0.6) is 0 Å². The average Bonchev–Trinajstić information content (AvgIpc) is 2.86. The van der Waals surface area contributed by atoms with Crippen molar-refractivity contribution in [1.82, 2.24) is 9.78 Å². The number of nitrogens with one attached hydrogen (secondary N) is 1. The first kappa shape index (κ1) is 15.8. The molecule has 2 rings (SSSR count). The van der Waals surface area contributed by atoms with Gasteiger partial charge in [0, 0.05) is 18.3 Å². The van der Waals surface area contributed by atoms with E-state index < -0.39 is 22.4 Å². The molecule has 0 spiro atoms. The van der Waals surface area contributed by atoms with Crippen LogP contribution in [0.25, 0.3) is 0 Å². The SMILES string of the molecule is CC(C)n1cc(Nc2ccc(C(F)(F)F)cc2[N+](=O)[O-])cn1. The van der Waals surface area contributed by atoms with E-state index in [0.717, 1.165) is 12.1 Å². The number of rotatable bonds is 4. The second-order valence-corrected chi connectivity index (χ2v) is 4.91. The zero-order valence-electron chi connectivity index (χ0n) is 11.8. The number of aromatic nitrogens is 2. The summed E-state index contributed by atoms with van der Waals surface area (Å²) in [5.41, 5.74) is -1.28. The van der Waals surface area contributed by atoms with E-state index in [0.29, 0.717) is 11.8 Å². The standard InChI is InChI=1S/C13H13F3N4O2/c1-8(2)19-7-10(6-17-19)18-11-4-3-9(13(14,15)16)5-12(11)20(21)22/h3-8,18H,1-2H3. The molecule has 9 heteroatoms. The Morgan fingerprint density at radius 2 is 2.05 bits per heavy atom. The lowest BCUT2D eigenvalue weighted by atomic mass is 10.1. The van der Waals surface area contributed by atoms with Crippen molar-refractivity contribution in [3.63, 3.8) is 0 Å². The van der Waals surface area contributed by atoms with Crippen molar-refractivity contribution >= 4 is 17.1 Å². The van der Waals surface area contributed by atoms with Gasteiger partial charge in [-0.2, -0.15) is 18.3 Å². The van der Waals surface area contributed by atoms with E-state index in [4.69, 9.17) is 0 Å². The number of nitro groups is 1. The number of nitrogens with zero attached hydrogens (tertiary/aromatic N) is 3. The molecule has 1 aromatic carbocycles. The van der Waals surface area contributed by atoms with Crippen LogP contribution >= 0.6 is 0 Å². The van der Waals surface area contributed by atoms with Crippen molar-refractivity contribution < 1.29 is 18.1 Å². The summed E-state index contributed by atoms with van der Waals surface area (Å²) in [5, 5.41) is 17.7. The van der Waals surface area contributed by atoms with Crippen molar-refractivity contribution in [1.29, 1.82) is 0 Å². The predicted molar refractivity (Wildman–Crippen MR) is 74.0 cm³/mol. The first-order valence-electron chi connectivity index (χ1n) is 6.35. The Morgan fingerprint density at radius 3 is 2.55 bits per heavy atom. The minimum atomic E-state index is -4.63. The summed E-state index contributed by atoms with van der Waals surface area (Å²) < 4.78 is 39.5. The molecule has 0 aliphatic carbocycles. The minimum Gasteiger partial charge on any atom is -0.347 e. The molecule has 6 nitrogen and oxygen atoms in total. The summed E-state index contributed by atoms with van der Waals surface area (Å²) in [4.78, 5) is 10.1. The Morgan fingerprint density at radius 1 is 1.36 bits per heavy atom. The van der Waals surface area contributed by atoms with Crippen LogP contribution in [0.3, 0.4) is 0 Å². The molecule has 1 aromatic heterocycles. The van der Waals surface area contributed by atoms with Gasteiger partial charge in [0.2, 0.25) is 0 Å². The molecular weight excluding hydrogens is 301 g/mol. The largest absolute Gasteiger partial charge is 0.416 e. The van der Waals surface area contributed by atoms with Crippen LogP contribution in [-0.4, -0.2) is 14.7 Å². The molecule has 0 saturated carbocycles. The average molecular weight is 314 g/mol. The lowest BCUT2D eigenvalue weighted by Crippen LogP contribution is -2.06. The topological polar surface area (TPSA) is 73.0 Å². The zero-order valence-corrected chi connectivity index (χ0v) is 11.8. The fourth-order valence-corrected chi connectivity index (χ4v) is 1.81. The molecule has 0 aliphatic heterocycles. The van der Waals surface area contributed by atoms with Crippen LogP contribution in [0, 0.1) is 10.1 Å². The van der Waals surface area contributed by atoms with Gasteiger partial charge in [-0.3, -0.25) is 14.8 Å². The van der Waals surface area contributed by atoms with E-state index in [-0.39, 0.29) is 11.7 Å². The fraction of sp³-hybridized carbons (Fsp3) is 0.308. The van der Waals surface area contributed by atoms with Gasteiger partial charge in [-0.25, -0.2) is 0 Å². The van der Waals surface area contributed by atoms with Gasteiger partial charge < -0.3 is 5.32 Å². The van der Waals surface area contributed by atoms with E-state index in [1.165, 1.54) is 6.20 Å². The molecule has 1 heterocycles. The molecule has 118 valence electrons. The summed E-state index contributed by atoms with van der Waals surface area (Å²) >= 11 is 0. The maximum atomic E-state index is 12.6. The second-order valence-electron chi connectivity index (χ2n) is 4.91. The highest BCUT2D eigenvalue weighted by Gasteiger charge is 2.33. The highest BCUT2D eigenvalue weighted by molar-refractivity contribution is 5.69. The molecular formula is C13H13F3N4O2. The highest BCUT2D eigenvalue weighted by atomic mass is 19.4. The number of benzene rings is 1. The van der Waals surface area contributed by atoms with Crippen LogP contribution < -0.4 is 5.32 Å². The van der Waals surface area contributed by atoms with Gasteiger partial charge in [0.05, 0.1) is 22.4 Å². The van der Waals surface area contributed by atoms with Gasteiger partial charge in [0.25, 0.3) is 5.69 Å². The number of alkyl halides is 3. The van der Waals surface area contributed by atoms with Crippen LogP contribution in [0.2, 0.25) is 0 Å². The van der Waals surface area contributed by atoms with Crippen molar-refractivity contribution in [2.45, 2.75) is 26.1 Å². The third kappa shape index (κ3) is 3.35. The molecule has 0 aliphatic rings. The smallest absolute Gasteiger partial charge is 0.347 e. The third-order valence-electron chi connectivity index (χ3n) is 2.93. The van der Waals surface area contributed by atoms with Crippen molar-refractivity contribution in [2.75, 3.05) is 5.32 Å². The quantitative estimate of drug-likeness (QED) is 0.680. The molecule has 22 heavy (non-hydrogen) atoms. The first-order chi connectivity index (χ1) is 10.2. The van der Waals surface area contributed by atoms with Gasteiger partial charge in [-0.05, 0) is 26.0 Å². The highest BCUT2D eigenvalue weighted by Crippen LogP contribution is 2.36. The Kier molecular flexibility index (Phi) is 4.07. The van der Waals surface area contributed by atoms with Crippen LogP contribution in [-0.2, 0) is 6.18 Å². The molecule has 0 atom stereocenters. The molecule has 0 bridgehead atoms. The zero-order chi connectivity index (χ0) is 16.5. The Hall–Kier alpha value is -2.58. The normalized spacial score (nSPS) is 11.7. The van der Waals surface area contributed by atoms with Crippen molar-refractivity contribution in [3.8, 4) is 0 Å². The van der Waals surface area contributed by atoms with Crippen molar-refractivity contribution in [2.24, 2.45) is 0 Å². The summed E-state index contributed by atoms with van der Waals surface area (Å²) in [5.74, 6) is 0. The molecule has 0 saturated heterocycles. The summed E-state index contributed by atoms with van der Waals surface area (Å²) in [6.07, 6.45) is -1.57. The Bertz CT molecular complexity index is 695. The maximum absolute atomic E-state index is 12.6. The Labute approximate surface area is 123 Å². The number of hydrogen-bond donors (Lipinski definition) is 1. The lowest BCUT2D eigenvalue weighted by molar-refractivity contribution is -0.384. The maximum Gasteiger partial charge on any atom is 0.416 e. The number of halogens is 3. The third-order valence-corrected chi connectivity index (χ3v) is 2.93. The summed E-state index contributed by atoms with van der Waals surface area (Å²) in [7, 11) is 0.